The highest BCUT2D eigenvalue weighted by molar-refractivity contribution is 6.58. The average molecular weight is 233 g/mol. The lowest BCUT2D eigenvalue weighted by molar-refractivity contribution is -0.167. The highest BCUT2D eigenvalue weighted by Gasteiger charge is 2.38. The summed E-state index contributed by atoms with van der Waals surface area (Å²) < 4.78 is 35.6. The van der Waals surface area contributed by atoms with Gasteiger partial charge in [-0.2, -0.15) is 13.2 Å². The molecule has 4 nitrogen and oxygen atoms in total. The third kappa shape index (κ3) is 3.25. The first-order chi connectivity index (χ1) is 7.30. The lowest BCUT2D eigenvalue weighted by atomic mass is 9.80. The summed E-state index contributed by atoms with van der Waals surface area (Å²) in [5, 5.41) is 19.0. The molecule has 0 saturated heterocycles. The first-order valence-electron chi connectivity index (χ1n) is 4.15. The number of alkyl halides is 3. The quantitative estimate of drug-likeness (QED) is 0.623. The first-order valence-corrected chi connectivity index (χ1v) is 4.15. The number of hydrogen-bond acceptors (Lipinski definition) is 3. The summed E-state index contributed by atoms with van der Waals surface area (Å²) in [7, 11) is -1.70. The smallest absolute Gasteiger partial charge is 0.423 e. The second-order valence-electron chi connectivity index (χ2n) is 2.95. The van der Waals surface area contributed by atoms with E-state index in [0.29, 0.717) is 0 Å². The molecule has 0 unspecified atom stereocenters. The van der Waals surface area contributed by atoms with E-state index in [1.54, 1.807) is 5.32 Å². The van der Waals surface area contributed by atoms with Gasteiger partial charge in [0.1, 0.15) is 0 Å². The molecule has 0 radical (unpaired) electrons. The number of carbonyl (C=O) groups excluding carboxylic acids is 1. The zero-order valence-corrected chi connectivity index (χ0v) is 7.82. The van der Waals surface area contributed by atoms with Crippen molar-refractivity contribution in [2.24, 2.45) is 0 Å². The Kier molecular flexibility index (Phi) is 3.56. The lowest BCUT2D eigenvalue weighted by Gasteiger charge is -2.08. The van der Waals surface area contributed by atoms with Crippen molar-refractivity contribution in [3.05, 3.63) is 24.3 Å². The van der Waals surface area contributed by atoms with E-state index in [1.165, 1.54) is 12.1 Å². The molecule has 1 aromatic carbocycles. The largest absolute Gasteiger partial charge is 0.488 e. The first kappa shape index (κ1) is 12.5. The van der Waals surface area contributed by atoms with Gasteiger partial charge < -0.3 is 15.4 Å². The van der Waals surface area contributed by atoms with Crippen LogP contribution in [0.5, 0.6) is 0 Å². The van der Waals surface area contributed by atoms with E-state index >= 15 is 0 Å². The van der Waals surface area contributed by atoms with Crippen molar-refractivity contribution in [2.45, 2.75) is 6.18 Å². The summed E-state index contributed by atoms with van der Waals surface area (Å²) >= 11 is 0. The monoisotopic (exact) mass is 233 g/mol. The van der Waals surface area contributed by atoms with Gasteiger partial charge in [-0.1, -0.05) is 12.1 Å². The maximum atomic E-state index is 11.9. The minimum atomic E-state index is -4.95. The summed E-state index contributed by atoms with van der Waals surface area (Å²) in [5.41, 5.74) is 0.0386. The van der Waals surface area contributed by atoms with Crippen LogP contribution in [0.4, 0.5) is 18.9 Å². The normalized spacial score (nSPS) is 11.1. The van der Waals surface area contributed by atoms with Crippen LogP contribution in [0.25, 0.3) is 0 Å². The van der Waals surface area contributed by atoms with Gasteiger partial charge in [0.2, 0.25) is 0 Å². The van der Waals surface area contributed by atoms with Crippen LogP contribution >= 0.6 is 0 Å². The Morgan fingerprint density at radius 1 is 1.19 bits per heavy atom. The number of rotatable bonds is 2. The van der Waals surface area contributed by atoms with Gasteiger partial charge in [-0.25, -0.2) is 0 Å². The average Bonchev–Trinajstić information content (AvgIpc) is 2.17. The number of hydrogen-bond donors (Lipinski definition) is 3. The van der Waals surface area contributed by atoms with Crippen molar-refractivity contribution in [2.75, 3.05) is 5.32 Å². The van der Waals surface area contributed by atoms with Gasteiger partial charge in [-0.05, 0) is 17.6 Å². The molecule has 0 fully saturated rings. The Bertz CT molecular complexity index is 377. The fraction of sp³-hybridized carbons (Fsp3) is 0.125. The maximum Gasteiger partial charge on any atom is 0.488 e. The molecular formula is C8H7BF3NO3. The molecule has 0 atom stereocenters. The molecule has 1 aromatic rings. The lowest BCUT2D eigenvalue weighted by Crippen LogP contribution is -2.31. The molecule has 1 rings (SSSR count). The summed E-state index contributed by atoms with van der Waals surface area (Å²) in [5.74, 6) is -2.08. The van der Waals surface area contributed by atoms with Crippen LogP contribution in [0.1, 0.15) is 0 Å². The van der Waals surface area contributed by atoms with Gasteiger partial charge in [-0.15, -0.1) is 0 Å². The Morgan fingerprint density at radius 3 is 2.06 bits per heavy atom. The number of halogens is 3. The second kappa shape index (κ2) is 4.54. The molecule has 0 aromatic heterocycles. The molecule has 0 bridgehead atoms. The van der Waals surface area contributed by atoms with Crippen molar-refractivity contribution in [1.82, 2.24) is 0 Å². The Balaban J connectivity index is 2.73. The van der Waals surface area contributed by atoms with Crippen LogP contribution in [-0.4, -0.2) is 29.2 Å². The highest BCUT2D eigenvalue weighted by atomic mass is 19.4. The summed E-state index contributed by atoms with van der Waals surface area (Å²) in [6, 6.07) is 4.66. The maximum absolute atomic E-state index is 11.9. The van der Waals surface area contributed by atoms with Crippen LogP contribution in [-0.2, 0) is 4.79 Å². The van der Waals surface area contributed by atoms with Crippen molar-refractivity contribution in [3.63, 3.8) is 0 Å². The minimum Gasteiger partial charge on any atom is -0.423 e. The Hall–Kier alpha value is -1.54. The van der Waals surface area contributed by atoms with Gasteiger partial charge in [0.15, 0.2) is 0 Å². The molecule has 0 saturated carbocycles. The fourth-order valence-corrected chi connectivity index (χ4v) is 0.941. The molecule has 3 N–H and O–H groups in total. The fourth-order valence-electron chi connectivity index (χ4n) is 0.941. The van der Waals surface area contributed by atoms with E-state index in [0.717, 1.165) is 12.1 Å². The van der Waals surface area contributed by atoms with Crippen LogP contribution in [0.2, 0.25) is 0 Å². The van der Waals surface area contributed by atoms with E-state index in [4.69, 9.17) is 10.0 Å². The molecule has 86 valence electrons. The van der Waals surface area contributed by atoms with Gasteiger partial charge in [0, 0.05) is 5.69 Å². The highest BCUT2D eigenvalue weighted by Crippen LogP contribution is 2.17. The molecular weight excluding hydrogens is 226 g/mol. The van der Waals surface area contributed by atoms with E-state index < -0.39 is 19.2 Å². The number of amides is 1. The molecule has 0 aliphatic heterocycles. The molecule has 0 aliphatic carbocycles. The van der Waals surface area contributed by atoms with Gasteiger partial charge in [0.05, 0.1) is 0 Å². The van der Waals surface area contributed by atoms with Crippen molar-refractivity contribution in [1.29, 1.82) is 0 Å². The molecule has 8 heteroatoms. The SMILES string of the molecule is O=C(Nc1ccc(B(O)O)cc1)C(F)(F)F. The van der Waals surface area contributed by atoms with Gasteiger partial charge >= 0.3 is 19.2 Å². The third-order valence-corrected chi connectivity index (χ3v) is 1.72. The Morgan fingerprint density at radius 2 is 1.69 bits per heavy atom. The standard InChI is InChI=1S/C8H7BF3NO3/c10-8(11,12)7(14)13-6-3-1-5(2-4-6)9(15)16/h1-4,15-16H,(H,13,14). The van der Waals surface area contributed by atoms with E-state index in [2.05, 4.69) is 0 Å². The molecule has 0 aliphatic rings. The van der Waals surface area contributed by atoms with Crippen LogP contribution in [0.3, 0.4) is 0 Å². The third-order valence-electron chi connectivity index (χ3n) is 1.72. The zero-order valence-electron chi connectivity index (χ0n) is 7.82. The summed E-state index contributed by atoms with van der Waals surface area (Å²) in [6.45, 7) is 0. The Labute approximate surface area is 88.9 Å². The summed E-state index contributed by atoms with van der Waals surface area (Å²) in [4.78, 5) is 10.5. The van der Waals surface area contributed by atoms with E-state index in [-0.39, 0.29) is 11.2 Å². The van der Waals surface area contributed by atoms with Crippen LogP contribution in [0.15, 0.2) is 24.3 Å². The molecule has 0 heterocycles. The predicted octanol–water partition coefficient (Wildman–Crippen LogP) is -0.133. The number of anilines is 1. The van der Waals surface area contributed by atoms with Crippen molar-refractivity contribution >= 4 is 24.2 Å². The van der Waals surface area contributed by atoms with Crippen molar-refractivity contribution < 1.29 is 28.0 Å². The number of benzene rings is 1. The molecule has 0 spiro atoms. The molecule has 1 amide bonds. The van der Waals surface area contributed by atoms with Crippen LogP contribution in [0, 0.1) is 0 Å². The van der Waals surface area contributed by atoms with E-state index in [1.807, 2.05) is 0 Å². The zero-order chi connectivity index (χ0) is 12.3. The summed E-state index contributed by atoms with van der Waals surface area (Å²) in [6.07, 6.45) is -4.95. The van der Waals surface area contributed by atoms with Crippen molar-refractivity contribution in [3.8, 4) is 0 Å². The minimum absolute atomic E-state index is 0.0771. The number of carbonyl (C=O) groups is 1. The van der Waals surface area contributed by atoms with Crippen LogP contribution < -0.4 is 10.8 Å². The molecule has 16 heavy (non-hydrogen) atoms. The topological polar surface area (TPSA) is 69.6 Å². The number of nitrogens with one attached hydrogen (secondary N) is 1. The predicted molar refractivity (Wildman–Crippen MR) is 51.0 cm³/mol. The van der Waals surface area contributed by atoms with Gasteiger partial charge in [0.25, 0.3) is 0 Å². The van der Waals surface area contributed by atoms with E-state index in [9.17, 15) is 18.0 Å². The second-order valence-corrected chi connectivity index (χ2v) is 2.95. The van der Waals surface area contributed by atoms with Gasteiger partial charge in [-0.3, -0.25) is 4.79 Å².